The summed E-state index contributed by atoms with van der Waals surface area (Å²) in [6.45, 7) is 1.97. The molecule has 7 nitrogen and oxygen atoms in total. The Morgan fingerprint density at radius 1 is 0.914 bits per heavy atom. The number of rotatable bonds is 7. The summed E-state index contributed by atoms with van der Waals surface area (Å²) in [5, 5.41) is 13.1. The van der Waals surface area contributed by atoms with Crippen LogP contribution in [0.25, 0.3) is 22.2 Å². The number of aromatic nitrogens is 2. The molecule has 4 aromatic carbocycles. The van der Waals surface area contributed by atoms with Crippen LogP contribution in [0, 0.1) is 6.92 Å². The molecule has 0 fully saturated rings. The molecular weight excluding hydrogens is 442 g/mol. The Kier molecular flexibility index (Phi) is 6.13. The van der Waals surface area contributed by atoms with Crippen molar-refractivity contribution in [1.29, 1.82) is 0 Å². The van der Waals surface area contributed by atoms with Gasteiger partial charge in [0, 0.05) is 11.3 Å². The van der Waals surface area contributed by atoms with E-state index in [9.17, 15) is 4.79 Å². The van der Waals surface area contributed by atoms with E-state index >= 15 is 0 Å². The standard InChI is InChI=1S/C28H23N3O4/c1-18-7-3-6-10-24(18)29-27(32)23-15-20-8-4-5-9-21(20)16-25(23)34-17-26-30-31-28(35-26)19-11-13-22(33-2)14-12-19/h3-16H,17H2,1-2H3,(H,29,32). The summed E-state index contributed by atoms with van der Waals surface area (Å²) in [6, 6.07) is 26.5. The van der Waals surface area contributed by atoms with Gasteiger partial charge in [-0.2, -0.15) is 0 Å². The van der Waals surface area contributed by atoms with E-state index in [-0.39, 0.29) is 12.5 Å². The Morgan fingerprint density at radius 2 is 1.63 bits per heavy atom. The maximum atomic E-state index is 13.2. The molecule has 1 amide bonds. The predicted octanol–water partition coefficient (Wildman–Crippen LogP) is 6.04. The number of fused-ring (bicyclic) bond motifs is 1. The molecule has 1 aromatic heterocycles. The molecule has 174 valence electrons. The first kappa shape index (κ1) is 22.2. The number of methoxy groups -OCH3 is 1. The van der Waals surface area contributed by atoms with Crippen LogP contribution in [0.15, 0.2) is 89.3 Å². The van der Waals surface area contributed by atoms with Crippen molar-refractivity contribution in [2.24, 2.45) is 0 Å². The number of ether oxygens (including phenoxy) is 2. The minimum atomic E-state index is -0.260. The van der Waals surface area contributed by atoms with Crippen molar-refractivity contribution >= 4 is 22.4 Å². The second-order valence-corrected chi connectivity index (χ2v) is 7.98. The van der Waals surface area contributed by atoms with Gasteiger partial charge in [0.25, 0.3) is 11.8 Å². The van der Waals surface area contributed by atoms with Gasteiger partial charge in [0.15, 0.2) is 6.61 Å². The second kappa shape index (κ2) is 9.69. The van der Waals surface area contributed by atoms with Gasteiger partial charge < -0.3 is 19.2 Å². The lowest BCUT2D eigenvalue weighted by atomic mass is 10.0. The van der Waals surface area contributed by atoms with Crippen molar-refractivity contribution < 1.29 is 18.7 Å². The molecule has 0 saturated carbocycles. The van der Waals surface area contributed by atoms with Crippen LogP contribution < -0.4 is 14.8 Å². The molecule has 0 atom stereocenters. The van der Waals surface area contributed by atoms with Gasteiger partial charge in [0.1, 0.15) is 11.5 Å². The number of aryl methyl sites for hydroxylation is 1. The Labute approximate surface area is 202 Å². The number of benzene rings is 4. The molecule has 5 aromatic rings. The normalized spacial score (nSPS) is 10.8. The molecule has 0 aliphatic heterocycles. The maximum absolute atomic E-state index is 13.2. The Balaban J connectivity index is 1.40. The van der Waals surface area contributed by atoms with Crippen LogP contribution in [0.2, 0.25) is 0 Å². The smallest absolute Gasteiger partial charge is 0.259 e. The van der Waals surface area contributed by atoms with Crippen LogP contribution in [-0.2, 0) is 6.61 Å². The number of anilines is 1. The minimum absolute atomic E-state index is 0.0200. The molecule has 0 radical (unpaired) electrons. The van der Waals surface area contributed by atoms with E-state index in [1.165, 1.54) is 0 Å². The molecule has 1 N–H and O–H groups in total. The predicted molar refractivity (Wildman–Crippen MR) is 134 cm³/mol. The van der Waals surface area contributed by atoms with E-state index < -0.39 is 0 Å². The van der Waals surface area contributed by atoms with Gasteiger partial charge in [-0.1, -0.05) is 42.5 Å². The lowest BCUT2D eigenvalue weighted by Crippen LogP contribution is -2.14. The van der Waals surface area contributed by atoms with E-state index in [4.69, 9.17) is 13.9 Å². The van der Waals surface area contributed by atoms with Crippen LogP contribution in [0.3, 0.4) is 0 Å². The quantitative estimate of drug-likeness (QED) is 0.315. The van der Waals surface area contributed by atoms with Crippen LogP contribution in [0.4, 0.5) is 5.69 Å². The zero-order chi connectivity index (χ0) is 24.2. The third kappa shape index (κ3) is 4.84. The molecule has 7 heteroatoms. The Bertz CT molecular complexity index is 1490. The maximum Gasteiger partial charge on any atom is 0.259 e. The van der Waals surface area contributed by atoms with Gasteiger partial charge in [-0.25, -0.2) is 0 Å². The van der Waals surface area contributed by atoms with Crippen molar-refractivity contribution in [2.75, 3.05) is 12.4 Å². The first-order valence-corrected chi connectivity index (χ1v) is 11.1. The molecule has 0 unspecified atom stereocenters. The van der Waals surface area contributed by atoms with Gasteiger partial charge in [0.05, 0.1) is 12.7 Å². The number of carbonyl (C=O) groups excluding carboxylic acids is 1. The molecule has 35 heavy (non-hydrogen) atoms. The summed E-state index contributed by atoms with van der Waals surface area (Å²) in [6.07, 6.45) is 0. The van der Waals surface area contributed by atoms with Crippen LogP contribution in [0.5, 0.6) is 11.5 Å². The summed E-state index contributed by atoms with van der Waals surface area (Å²) < 4.78 is 17.0. The Morgan fingerprint density at radius 3 is 2.37 bits per heavy atom. The Hall–Kier alpha value is -4.65. The number of para-hydroxylation sites is 1. The molecule has 0 saturated heterocycles. The lowest BCUT2D eigenvalue weighted by molar-refractivity contribution is 0.102. The molecule has 5 rings (SSSR count). The van der Waals surface area contributed by atoms with E-state index in [0.29, 0.717) is 23.1 Å². The monoisotopic (exact) mass is 465 g/mol. The number of amides is 1. The number of hydrogen-bond donors (Lipinski definition) is 1. The molecule has 0 spiro atoms. The van der Waals surface area contributed by atoms with Crippen molar-refractivity contribution in [2.45, 2.75) is 13.5 Å². The van der Waals surface area contributed by atoms with Crippen molar-refractivity contribution in [1.82, 2.24) is 10.2 Å². The zero-order valence-electron chi connectivity index (χ0n) is 19.3. The highest BCUT2D eigenvalue weighted by Crippen LogP contribution is 2.29. The molecule has 0 bridgehead atoms. The number of hydrogen-bond acceptors (Lipinski definition) is 6. The highest BCUT2D eigenvalue weighted by molar-refractivity contribution is 6.09. The third-order valence-corrected chi connectivity index (χ3v) is 5.64. The number of nitrogens with one attached hydrogen (secondary N) is 1. The number of carbonyl (C=O) groups is 1. The molecule has 0 aliphatic carbocycles. The summed E-state index contributed by atoms with van der Waals surface area (Å²) in [7, 11) is 1.61. The first-order chi connectivity index (χ1) is 17.1. The largest absolute Gasteiger partial charge is 0.497 e. The average molecular weight is 466 g/mol. The van der Waals surface area contributed by atoms with Crippen molar-refractivity contribution in [3.05, 3.63) is 102 Å². The van der Waals surface area contributed by atoms with Gasteiger partial charge in [-0.05, 0) is 65.7 Å². The van der Waals surface area contributed by atoms with E-state index in [0.717, 1.165) is 33.3 Å². The number of nitrogens with zero attached hydrogens (tertiary/aromatic N) is 2. The molecule has 0 aliphatic rings. The van der Waals surface area contributed by atoms with Gasteiger partial charge in [-0.15, -0.1) is 10.2 Å². The highest BCUT2D eigenvalue weighted by atomic mass is 16.5. The average Bonchev–Trinajstić information content (AvgIpc) is 3.37. The van der Waals surface area contributed by atoms with E-state index in [1.807, 2.05) is 91.9 Å². The first-order valence-electron chi connectivity index (χ1n) is 11.1. The van der Waals surface area contributed by atoms with E-state index in [1.54, 1.807) is 7.11 Å². The summed E-state index contributed by atoms with van der Waals surface area (Å²) in [5.74, 6) is 1.59. The zero-order valence-corrected chi connectivity index (χ0v) is 19.3. The minimum Gasteiger partial charge on any atom is -0.497 e. The second-order valence-electron chi connectivity index (χ2n) is 7.98. The fourth-order valence-electron chi connectivity index (χ4n) is 3.72. The van der Waals surface area contributed by atoms with Crippen molar-refractivity contribution in [3.63, 3.8) is 0 Å². The third-order valence-electron chi connectivity index (χ3n) is 5.64. The topological polar surface area (TPSA) is 86.5 Å². The molecule has 1 heterocycles. The molecular formula is C28H23N3O4. The van der Waals surface area contributed by atoms with Gasteiger partial charge in [0.2, 0.25) is 5.89 Å². The van der Waals surface area contributed by atoms with Crippen LogP contribution >= 0.6 is 0 Å². The van der Waals surface area contributed by atoms with Gasteiger partial charge in [-0.3, -0.25) is 4.79 Å². The highest BCUT2D eigenvalue weighted by Gasteiger charge is 2.17. The fraction of sp³-hybridized carbons (Fsp3) is 0.107. The summed E-state index contributed by atoms with van der Waals surface area (Å²) in [5.41, 5.74) is 2.91. The van der Waals surface area contributed by atoms with E-state index in [2.05, 4.69) is 15.5 Å². The summed E-state index contributed by atoms with van der Waals surface area (Å²) >= 11 is 0. The summed E-state index contributed by atoms with van der Waals surface area (Å²) in [4.78, 5) is 13.2. The van der Waals surface area contributed by atoms with Crippen LogP contribution in [0.1, 0.15) is 21.8 Å². The SMILES string of the molecule is COc1ccc(-c2nnc(COc3cc4ccccc4cc3C(=O)Nc3ccccc3C)o2)cc1. The fourth-order valence-corrected chi connectivity index (χ4v) is 3.72. The lowest BCUT2D eigenvalue weighted by Gasteiger charge is -2.13. The van der Waals surface area contributed by atoms with Gasteiger partial charge >= 0.3 is 0 Å². The van der Waals surface area contributed by atoms with Crippen molar-refractivity contribution in [3.8, 4) is 23.0 Å². The van der Waals surface area contributed by atoms with Crippen LogP contribution in [-0.4, -0.2) is 23.2 Å².